The molecule has 2 aromatic carbocycles. The van der Waals surface area contributed by atoms with Crippen molar-refractivity contribution in [2.75, 3.05) is 5.32 Å². The van der Waals surface area contributed by atoms with Crippen LogP contribution >= 0.6 is 35.2 Å². The summed E-state index contributed by atoms with van der Waals surface area (Å²) >= 11 is 12.5. The zero-order chi connectivity index (χ0) is 21.1. The highest BCUT2D eigenvalue weighted by Gasteiger charge is 2.11. The van der Waals surface area contributed by atoms with E-state index in [0.29, 0.717) is 5.02 Å². The molecule has 0 aliphatic carbocycles. The van der Waals surface area contributed by atoms with Crippen LogP contribution in [-0.4, -0.2) is 30.8 Å². The van der Waals surface area contributed by atoms with Crippen molar-refractivity contribution in [1.29, 1.82) is 0 Å². The zero-order valence-electron chi connectivity index (χ0n) is 15.7. The summed E-state index contributed by atoms with van der Waals surface area (Å²) in [6.07, 6.45) is 3.10. The number of nitrogens with zero attached hydrogens (tertiary/aromatic N) is 4. The Morgan fingerprint density at radius 2 is 2.00 bits per heavy atom. The molecule has 0 aliphatic rings. The Kier molecular flexibility index (Phi) is 5.84. The van der Waals surface area contributed by atoms with Crippen LogP contribution in [0.1, 0.15) is 11.4 Å². The average molecular weight is 455 g/mol. The number of benzene rings is 2. The molecule has 2 aromatic heterocycles. The van der Waals surface area contributed by atoms with Gasteiger partial charge in [-0.2, -0.15) is 9.61 Å². The smallest absolute Gasteiger partial charge is 0.250 e. The van der Waals surface area contributed by atoms with E-state index >= 15 is 0 Å². The highest BCUT2D eigenvalue weighted by Crippen LogP contribution is 2.27. The number of carbonyl (C=O) groups is 1. The highest BCUT2D eigenvalue weighted by atomic mass is 35.5. The summed E-state index contributed by atoms with van der Waals surface area (Å²) in [5.74, 6) is 0.403. The molecule has 0 radical (unpaired) electrons. The van der Waals surface area contributed by atoms with Crippen LogP contribution in [0.5, 0.6) is 0 Å². The van der Waals surface area contributed by atoms with Crippen molar-refractivity contribution in [3.8, 4) is 10.6 Å². The molecular weight excluding hydrogens is 440 g/mol. The van der Waals surface area contributed by atoms with E-state index in [0.717, 1.165) is 32.6 Å². The minimum Gasteiger partial charge on any atom is -0.332 e. The third-order valence-corrected chi connectivity index (χ3v) is 5.45. The standard InChI is InChI=1S/C20H15ClN6OS2/c1-12-24-25-20-27(12)26-18(30-20)14-3-2-4-16(11-14)22-19(29)23-17(28)10-7-13-5-8-15(21)9-6-13/h2-11H,1H3,(H2,22,23,28,29)/b10-7+. The number of fused-ring (bicyclic) bond motifs is 1. The largest absolute Gasteiger partial charge is 0.332 e. The van der Waals surface area contributed by atoms with Gasteiger partial charge in [-0.3, -0.25) is 10.1 Å². The first kappa shape index (κ1) is 20.1. The van der Waals surface area contributed by atoms with Crippen molar-refractivity contribution in [3.63, 3.8) is 0 Å². The number of halogens is 1. The Hall–Kier alpha value is -3.14. The Morgan fingerprint density at radius 1 is 1.20 bits per heavy atom. The molecule has 0 aliphatic heterocycles. The minimum atomic E-state index is -0.331. The molecule has 10 heteroatoms. The van der Waals surface area contributed by atoms with Crippen molar-refractivity contribution >= 4 is 62.9 Å². The van der Waals surface area contributed by atoms with Crippen molar-refractivity contribution in [1.82, 2.24) is 25.1 Å². The number of aryl methyl sites for hydroxylation is 1. The number of amides is 1. The number of nitrogens with one attached hydrogen (secondary N) is 2. The maximum Gasteiger partial charge on any atom is 0.250 e. The highest BCUT2D eigenvalue weighted by molar-refractivity contribution is 7.80. The number of rotatable bonds is 4. The molecule has 0 unspecified atom stereocenters. The first-order valence-corrected chi connectivity index (χ1v) is 10.4. The first-order valence-electron chi connectivity index (χ1n) is 8.83. The molecule has 4 rings (SSSR count). The molecule has 0 atom stereocenters. The van der Waals surface area contributed by atoms with Gasteiger partial charge in [0.2, 0.25) is 10.9 Å². The van der Waals surface area contributed by atoms with Gasteiger partial charge >= 0.3 is 0 Å². The molecule has 150 valence electrons. The monoisotopic (exact) mass is 454 g/mol. The molecule has 0 bridgehead atoms. The fraction of sp³-hybridized carbons (Fsp3) is 0.0500. The van der Waals surface area contributed by atoms with Crippen LogP contribution in [0.2, 0.25) is 5.02 Å². The number of hydrogen-bond acceptors (Lipinski definition) is 6. The number of hydrogen-bond donors (Lipinski definition) is 2. The molecule has 4 aromatic rings. The van der Waals surface area contributed by atoms with Crippen molar-refractivity contribution in [2.24, 2.45) is 0 Å². The Bertz CT molecular complexity index is 1260. The second kappa shape index (κ2) is 8.70. The quantitative estimate of drug-likeness (QED) is 0.352. The Balaban J connectivity index is 1.40. The molecule has 1 amide bonds. The summed E-state index contributed by atoms with van der Waals surface area (Å²) in [5, 5.41) is 19.9. The molecular formula is C20H15ClN6OS2. The fourth-order valence-corrected chi connectivity index (χ4v) is 3.85. The molecule has 2 heterocycles. The maximum atomic E-state index is 12.1. The number of carbonyl (C=O) groups excluding carboxylic acids is 1. The molecule has 0 saturated carbocycles. The zero-order valence-corrected chi connectivity index (χ0v) is 18.1. The Labute approximate surface area is 186 Å². The molecule has 7 nitrogen and oxygen atoms in total. The lowest BCUT2D eigenvalue weighted by Gasteiger charge is -2.09. The minimum absolute atomic E-state index is 0.201. The van der Waals surface area contributed by atoms with Gasteiger partial charge in [0.1, 0.15) is 5.01 Å². The van der Waals surface area contributed by atoms with Gasteiger partial charge in [-0.15, -0.1) is 10.2 Å². The van der Waals surface area contributed by atoms with Gasteiger partial charge in [0.15, 0.2) is 10.9 Å². The first-order chi connectivity index (χ1) is 14.5. The van der Waals surface area contributed by atoms with Crippen LogP contribution in [0.4, 0.5) is 5.69 Å². The molecule has 2 N–H and O–H groups in total. The predicted molar refractivity (Wildman–Crippen MR) is 124 cm³/mol. The van der Waals surface area contributed by atoms with E-state index in [-0.39, 0.29) is 11.0 Å². The van der Waals surface area contributed by atoms with Crippen molar-refractivity contribution in [2.45, 2.75) is 6.92 Å². The van der Waals surface area contributed by atoms with E-state index in [1.165, 1.54) is 17.4 Å². The second-order valence-corrected chi connectivity index (χ2v) is 8.06. The third-order valence-electron chi connectivity index (χ3n) is 4.05. The number of anilines is 1. The van der Waals surface area contributed by atoms with Gasteiger partial charge < -0.3 is 5.32 Å². The summed E-state index contributed by atoms with van der Waals surface area (Å²) < 4.78 is 1.71. The SMILES string of the molecule is Cc1nnc2sc(-c3cccc(NC(=S)NC(=O)/C=C/c4ccc(Cl)cc4)c3)nn12. The summed E-state index contributed by atoms with van der Waals surface area (Å²) in [5.41, 5.74) is 2.51. The number of thiocarbonyl (C=S) groups is 1. The van der Waals surface area contributed by atoms with E-state index in [4.69, 9.17) is 23.8 Å². The van der Waals surface area contributed by atoms with Gasteiger partial charge in [0, 0.05) is 22.3 Å². The van der Waals surface area contributed by atoms with E-state index in [1.807, 2.05) is 43.3 Å². The number of aromatic nitrogens is 4. The summed E-state index contributed by atoms with van der Waals surface area (Å²) in [6, 6.07) is 14.8. The van der Waals surface area contributed by atoms with Gasteiger partial charge in [-0.1, -0.05) is 47.2 Å². The van der Waals surface area contributed by atoms with Gasteiger partial charge in [-0.05, 0) is 55.0 Å². The predicted octanol–water partition coefficient (Wildman–Crippen LogP) is 4.34. The topological polar surface area (TPSA) is 84.2 Å². The second-order valence-electron chi connectivity index (χ2n) is 6.26. The molecule has 30 heavy (non-hydrogen) atoms. The van der Waals surface area contributed by atoms with E-state index in [9.17, 15) is 4.79 Å². The molecule has 0 fully saturated rings. The van der Waals surface area contributed by atoms with Crippen molar-refractivity contribution in [3.05, 3.63) is 71.0 Å². The normalized spacial score (nSPS) is 11.1. The lowest BCUT2D eigenvalue weighted by atomic mass is 10.2. The van der Waals surface area contributed by atoms with Gasteiger partial charge in [0.25, 0.3) is 0 Å². The lowest BCUT2D eigenvalue weighted by Crippen LogP contribution is -2.32. The fourth-order valence-electron chi connectivity index (χ4n) is 2.62. The average Bonchev–Trinajstić information content (AvgIpc) is 3.30. The van der Waals surface area contributed by atoms with E-state index in [1.54, 1.807) is 22.7 Å². The lowest BCUT2D eigenvalue weighted by molar-refractivity contribution is -0.115. The summed E-state index contributed by atoms with van der Waals surface area (Å²) in [4.78, 5) is 12.8. The van der Waals surface area contributed by atoms with Crippen LogP contribution in [0.25, 0.3) is 21.6 Å². The van der Waals surface area contributed by atoms with Gasteiger partial charge in [-0.25, -0.2) is 0 Å². The summed E-state index contributed by atoms with van der Waals surface area (Å²) in [6.45, 7) is 1.85. The van der Waals surface area contributed by atoms with Crippen LogP contribution < -0.4 is 10.6 Å². The maximum absolute atomic E-state index is 12.1. The van der Waals surface area contributed by atoms with E-state index < -0.39 is 0 Å². The summed E-state index contributed by atoms with van der Waals surface area (Å²) in [7, 11) is 0. The van der Waals surface area contributed by atoms with Crippen LogP contribution in [0.3, 0.4) is 0 Å². The van der Waals surface area contributed by atoms with Crippen LogP contribution in [0, 0.1) is 6.92 Å². The third kappa shape index (κ3) is 4.70. The van der Waals surface area contributed by atoms with Crippen molar-refractivity contribution < 1.29 is 4.79 Å². The van der Waals surface area contributed by atoms with Crippen LogP contribution in [-0.2, 0) is 4.79 Å². The Morgan fingerprint density at radius 3 is 2.77 bits per heavy atom. The van der Waals surface area contributed by atoms with Crippen LogP contribution in [0.15, 0.2) is 54.6 Å². The van der Waals surface area contributed by atoms with E-state index in [2.05, 4.69) is 25.9 Å². The van der Waals surface area contributed by atoms with Gasteiger partial charge in [0.05, 0.1) is 0 Å². The molecule has 0 spiro atoms. The molecule has 0 saturated heterocycles.